The van der Waals surface area contributed by atoms with E-state index in [1.807, 2.05) is 6.26 Å². The van der Waals surface area contributed by atoms with Gasteiger partial charge < -0.3 is 15.2 Å². The van der Waals surface area contributed by atoms with Gasteiger partial charge in [-0.2, -0.15) is 11.8 Å². The number of ether oxygens (including phenoxy) is 1. The molecule has 0 bridgehead atoms. The smallest absolute Gasteiger partial charge is 0.225 e. The number of hydrogen-bond acceptors (Lipinski definition) is 4. The summed E-state index contributed by atoms with van der Waals surface area (Å²) in [5.41, 5.74) is 0.755. The largest absolute Gasteiger partial charge is 0.491 e. The molecule has 1 aromatic rings. The number of aliphatic hydroxyl groups is 1. The van der Waals surface area contributed by atoms with Gasteiger partial charge in [-0.1, -0.05) is 0 Å². The highest BCUT2D eigenvalue weighted by Gasteiger charge is 2.02. The minimum Gasteiger partial charge on any atom is -0.491 e. The lowest BCUT2D eigenvalue weighted by atomic mass is 10.3. The molecule has 100 valence electrons. The Balaban J connectivity index is 2.42. The predicted octanol–water partition coefficient (Wildman–Crippen LogP) is 2.14. The van der Waals surface area contributed by atoms with Crippen LogP contribution in [-0.4, -0.2) is 35.7 Å². The van der Waals surface area contributed by atoms with Crippen LogP contribution in [0.3, 0.4) is 0 Å². The first kappa shape index (κ1) is 14.9. The van der Waals surface area contributed by atoms with Crippen LogP contribution in [-0.2, 0) is 4.79 Å². The minimum atomic E-state index is -0.490. The molecular weight excluding hydrogens is 250 g/mol. The van der Waals surface area contributed by atoms with Crippen LogP contribution in [0, 0.1) is 0 Å². The molecule has 1 aromatic carbocycles. The number of thioether (sulfide) groups is 1. The second-order valence-corrected chi connectivity index (χ2v) is 4.96. The fraction of sp³-hybridized carbons (Fsp3) is 0.462. The number of benzene rings is 1. The van der Waals surface area contributed by atoms with Crippen LogP contribution in [0.25, 0.3) is 0 Å². The number of hydrogen-bond donors (Lipinski definition) is 2. The third-order valence-corrected chi connectivity index (χ3v) is 2.77. The van der Waals surface area contributed by atoms with E-state index < -0.39 is 6.10 Å². The summed E-state index contributed by atoms with van der Waals surface area (Å²) in [5.74, 6) is 1.52. The molecule has 1 rings (SSSR count). The molecule has 1 unspecified atom stereocenters. The van der Waals surface area contributed by atoms with Gasteiger partial charge in [0.05, 0.1) is 6.10 Å². The van der Waals surface area contributed by atoms with Gasteiger partial charge in [-0.3, -0.25) is 4.79 Å². The number of aliphatic hydroxyl groups excluding tert-OH is 1. The SMILES string of the molecule is CSCCC(=O)Nc1ccc(OCC(C)O)cc1. The van der Waals surface area contributed by atoms with Gasteiger partial charge in [0.25, 0.3) is 0 Å². The monoisotopic (exact) mass is 269 g/mol. The summed E-state index contributed by atoms with van der Waals surface area (Å²) in [6.45, 7) is 1.93. The van der Waals surface area contributed by atoms with E-state index in [-0.39, 0.29) is 12.5 Å². The van der Waals surface area contributed by atoms with Gasteiger partial charge in [-0.25, -0.2) is 0 Å². The fourth-order valence-corrected chi connectivity index (χ4v) is 1.66. The van der Waals surface area contributed by atoms with Gasteiger partial charge in [0.15, 0.2) is 0 Å². The summed E-state index contributed by atoms with van der Waals surface area (Å²) >= 11 is 1.65. The van der Waals surface area contributed by atoms with Crippen molar-refractivity contribution in [2.75, 3.05) is 23.9 Å². The molecule has 0 spiro atoms. The van der Waals surface area contributed by atoms with E-state index in [0.717, 1.165) is 11.4 Å². The first-order valence-corrected chi connectivity index (χ1v) is 7.21. The molecule has 5 heteroatoms. The second kappa shape index (κ2) is 8.00. The van der Waals surface area contributed by atoms with Gasteiger partial charge in [0, 0.05) is 17.9 Å². The number of carbonyl (C=O) groups excluding carboxylic acids is 1. The molecule has 0 aliphatic rings. The number of amides is 1. The molecule has 0 fully saturated rings. The van der Waals surface area contributed by atoms with Crippen LogP contribution in [0.1, 0.15) is 13.3 Å². The highest BCUT2D eigenvalue weighted by atomic mass is 32.2. The summed E-state index contributed by atoms with van der Waals surface area (Å²) in [6.07, 6.45) is 2.00. The lowest BCUT2D eigenvalue weighted by Crippen LogP contribution is -2.13. The zero-order valence-electron chi connectivity index (χ0n) is 10.7. The molecule has 0 aliphatic carbocycles. The Kier molecular flexibility index (Phi) is 6.60. The van der Waals surface area contributed by atoms with Gasteiger partial charge in [-0.05, 0) is 37.4 Å². The van der Waals surface area contributed by atoms with Crippen molar-refractivity contribution < 1.29 is 14.6 Å². The number of carbonyl (C=O) groups is 1. The van der Waals surface area contributed by atoms with Crippen molar-refractivity contribution >= 4 is 23.4 Å². The van der Waals surface area contributed by atoms with E-state index in [4.69, 9.17) is 9.84 Å². The lowest BCUT2D eigenvalue weighted by molar-refractivity contribution is -0.115. The Morgan fingerprint density at radius 2 is 2.11 bits per heavy atom. The summed E-state index contributed by atoms with van der Waals surface area (Å²) in [6, 6.07) is 7.11. The summed E-state index contributed by atoms with van der Waals surface area (Å²) in [7, 11) is 0. The highest BCUT2D eigenvalue weighted by Crippen LogP contribution is 2.16. The fourth-order valence-electron chi connectivity index (χ4n) is 1.27. The molecule has 0 saturated heterocycles. The zero-order chi connectivity index (χ0) is 13.4. The average molecular weight is 269 g/mol. The van der Waals surface area contributed by atoms with E-state index in [2.05, 4.69) is 5.32 Å². The number of anilines is 1. The molecule has 0 heterocycles. The minimum absolute atomic E-state index is 0.0157. The second-order valence-electron chi connectivity index (χ2n) is 3.98. The molecule has 0 aliphatic heterocycles. The predicted molar refractivity (Wildman–Crippen MR) is 75.2 cm³/mol. The number of nitrogens with one attached hydrogen (secondary N) is 1. The quantitative estimate of drug-likeness (QED) is 0.796. The molecule has 2 N–H and O–H groups in total. The first-order valence-electron chi connectivity index (χ1n) is 5.81. The molecule has 18 heavy (non-hydrogen) atoms. The van der Waals surface area contributed by atoms with Gasteiger partial charge in [0.2, 0.25) is 5.91 Å². The maximum Gasteiger partial charge on any atom is 0.225 e. The van der Waals surface area contributed by atoms with Crippen LogP contribution >= 0.6 is 11.8 Å². The third kappa shape index (κ3) is 5.93. The van der Waals surface area contributed by atoms with Crippen molar-refractivity contribution in [1.29, 1.82) is 0 Å². The molecule has 0 aromatic heterocycles. The third-order valence-electron chi connectivity index (χ3n) is 2.16. The summed E-state index contributed by atoms with van der Waals surface area (Å²) in [5, 5.41) is 11.9. The van der Waals surface area contributed by atoms with Crippen LogP contribution in [0.5, 0.6) is 5.75 Å². The average Bonchev–Trinajstić information content (AvgIpc) is 2.35. The van der Waals surface area contributed by atoms with Crippen LogP contribution in [0.4, 0.5) is 5.69 Å². The van der Waals surface area contributed by atoms with E-state index in [9.17, 15) is 4.79 Å². The topological polar surface area (TPSA) is 58.6 Å². The summed E-state index contributed by atoms with van der Waals surface area (Å²) in [4.78, 5) is 11.5. The van der Waals surface area contributed by atoms with Crippen molar-refractivity contribution in [3.05, 3.63) is 24.3 Å². The summed E-state index contributed by atoms with van der Waals surface area (Å²) < 4.78 is 5.33. The lowest BCUT2D eigenvalue weighted by Gasteiger charge is -2.09. The Morgan fingerprint density at radius 3 is 2.67 bits per heavy atom. The van der Waals surface area contributed by atoms with E-state index in [1.54, 1.807) is 43.0 Å². The van der Waals surface area contributed by atoms with Crippen LogP contribution in [0.2, 0.25) is 0 Å². The number of rotatable bonds is 7. The molecular formula is C13H19NO3S. The van der Waals surface area contributed by atoms with Gasteiger partial charge in [0.1, 0.15) is 12.4 Å². The Bertz CT molecular complexity index is 365. The van der Waals surface area contributed by atoms with E-state index in [1.165, 1.54) is 0 Å². The Hall–Kier alpha value is -1.20. The van der Waals surface area contributed by atoms with Crippen molar-refractivity contribution in [2.24, 2.45) is 0 Å². The molecule has 4 nitrogen and oxygen atoms in total. The van der Waals surface area contributed by atoms with Crippen molar-refractivity contribution in [3.63, 3.8) is 0 Å². The first-order chi connectivity index (χ1) is 8.61. The van der Waals surface area contributed by atoms with Crippen LogP contribution < -0.4 is 10.1 Å². The zero-order valence-corrected chi connectivity index (χ0v) is 11.5. The normalized spacial score (nSPS) is 11.9. The van der Waals surface area contributed by atoms with Crippen molar-refractivity contribution in [3.8, 4) is 5.75 Å². The maximum absolute atomic E-state index is 11.5. The standard InChI is InChI=1S/C13H19NO3S/c1-10(15)9-17-12-5-3-11(4-6-12)14-13(16)7-8-18-2/h3-6,10,15H,7-9H2,1-2H3,(H,14,16). The van der Waals surface area contributed by atoms with E-state index in [0.29, 0.717) is 12.2 Å². The Morgan fingerprint density at radius 1 is 1.44 bits per heavy atom. The van der Waals surface area contributed by atoms with Crippen LogP contribution in [0.15, 0.2) is 24.3 Å². The Labute approximate surface area is 112 Å². The molecule has 0 saturated carbocycles. The van der Waals surface area contributed by atoms with Gasteiger partial charge in [-0.15, -0.1) is 0 Å². The van der Waals surface area contributed by atoms with E-state index >= 15 is 0 Å². The molecule has 0 radical (unpaired) electrons. The highest BCUT2D eigenvalue weighted by molar-refractivity contribution is 7.98. The van der Waals surface area contributed by atoms with Crippen molar-refractivity contribution in [1.82, 2.24) is 0 Å². The maximum atomic E-state index is 11.5. The molecule has 1 atom stereocenters. The van der Waals surface area contributed by atoms with Crippen molar-refractivity contribution in [2.45, 2.75) is 19.4 Å². The van der Waals surface area contributed by atoms with Gasteiger partial charge >= 0.3 is 0 Å². The molecule has 1 amide bonds.